The Morgan fingerprint density at radius 1 is 1.36 bits per heavy atom. The molecule has 3 heteroatoms. The van der Waals surface area contributed by atoms with E-state index in [2.05, 4.69) is 0 Å². The molecule has 0 spiro atoms. The topological polar surface area (TPSA) is 63.3 Å². The van der Waals surface area contributed by atoms with Gasteiger partial charge in [0, 0.05) is 5.56 Å². The summed E-state index contributed by atoms with van der Waals surface area (Å²) < 4.78 is 0. The third-order valence-electron chi connectivity index (χ3n) is 2.16. The van der Waals surface area contributed by atoms with Gasteiger partial charge in [-0.3, -0.25) is 4.79 Å². The number of phenols is 1. The zero-order valence-corrected chi connectivity index (χ0v) is 8.07. The van der Waals surface area contributed by atoms with Crippen molar-refractivity contribution in [1.82, 2.24) is 0 Å². The molecule has 0 aliphatic carbocycles. The fourth-order valence-electron chi connectivity index (χ4n) is 1.38. The number of nitrogens with two attached hydrogens (primary N) is 1. The molecule has 0 unspecified atom stereocenters. The molecule has 0 atom stereocenters. The Labute approximate surface area is 83.6 Å². The first-order valence-corrected chi connectivity index (χ1v) is 4.75. The first-order valence-electron chi connectivity index (χ1n) is 4.75. The summed E-state index contributed by atoms with van der Waals surface area (Å²) in [5.74, 6) is 0.134. The molecule has 0 saturated heterocycles. The number of unbranched alkanes of at least 4 members (excludes halogenated alkanes) is 1. The molecule has 0 aromatic heterocycles. The molecule has 0 bridgehead atoms. The zero-order valence-electron chi connectivity index (χ0n) is 8.07. The van der Waals surface area contributed by atoms with Gasteiger partial charge in [0.1, 0.15) is 12.0 Å². The van der Waals surface area contributed by atoms with Gasteiger partial charge in [0.25, 0.3) is 0 Å². The monoisotopic (exact) mass is 193 g/mol. The van der Waals surface area contributed by atoms with Crippen molar-refractivity contribution in [2.45, 2.75) is 19.3 Å². The summed E-state index contributed by atoms with van der Waals surface area (Å²) in [6, 6.07) is 4.88. The van der Waals surface area contributed by atoms with Gasteiger partial charge in [-0.15, -0.1) is 0 Å². The average Bonchev–Trinajstić information content (AvgIpc) is 2.20. The van der Waals surface area contributed by atoms with Crippen molar-refractivity contribution in [3.63, 3.8) is 0 Å². The number of rotatable bonds is 5. The Morgan fingerprint density at radius 3 is 2.79 bits per heavy atom. The van der Waals surface area contributed by atoms with Gasteiger partial charge in [-0.25, -0.2) is 0 Å². The second-order valence-corrected chi connectivity index (χ2v) is 3.25. The minimum absolute atomic E-state index is 0.134. The number of phenolic OH excluding ortho intramolecular Hbond substituents is 1. The molecule has 0 heterocycles. The van der Waals surface area contributed by atoms with Crippen LogP contribution in [0.25, 0.3) is 0 Å². The van der Waals surface area contributed by atoms with E-state index in [0.29, 0.717) is 12.1 Å². The Hall–Kier alpha value is -1.35. The van der Waals surface area contributed by atoms with Gasteiger partial charge in [-0.2, -0.15) is 0 Å². The number of aryl methyl sites for hydroxylation is 1. The van der Waals surface area contributed by atoms with Crippen LogP contribution >= 0.6 is 0 Å². The summed E-state index contributed by atoms with van der Waals surface area (Å²) in [6.45, 7) is 0.675. The molecule has 0 radical (unpaired) electrons. The van der Waals surface area contributed by atoms with Gasteiger partial charge >= 0.3 is 0 Å². The Kier molecular flexibility index (Phi) is 4.13. The number of hydrogen-bond donors (Lipinski definition) is 2. The van der Waals surface area contributed by atoms with Crippen LogP contribution in [-0.2, 0) is 6.42 Å². The molecule has 3 N–H and O–H groups in total. The molecule has 1 aromatic rings. The largest absolute Gasteiger partial charge is 0.508 e. The molecule has 0 amide bonds. The lowest BCUT2D eigenvalue weighted by molar-refractivity contribution is 0.112. The Morgan fingerprint density at radius 2 is 2.14 bits per heavy atom. The Bertz CT molecular complexity index is 310. The minimum atomic E-state index is 0.134. The quantitative estimate of drug-likeness (QED) is 0.550. The fraction of sp³-hybridized carbons (Fsp3) is 0.364. The number of hydrogen-bond acceptors (Lipinski definition) is 3. The smallest absolute Gasteiger partial charge is 0.150 e. The van der Waals surface area contributed by atoms with E-state index in [1.54, 1.807) is 12.1 Å². The van der Waals surface area contributed by atoms with E-state index >= 15 is 0 Å². The predicted octanol–water partition coefficient (Wildman–Crippen LogP) is 1.49. The molecule has 3 nitrogen and oxygen atoms in total. The third-order valence-corrected chi connectivity index (χ3v) is 2.16. The summed E-state index contributed by atoms with van der Waals surface area (Å²) in [4.78, 5) is 10.7. The van der Waals surface area contributed by atoms with Crippen LogP contribution in [0.15, 0.2) is 18.2 Å². The molecular formula is C11H15NO2. The van der Waals surface area contributed by atoms with E-state index in [4.69, 9.17) is 10.8 Å². The van der Waals surface area contributed by atoms with Crippen LogP contribution in [0, 0.1) is 0 Å². The average molecular weight is 193 g/mol. The molecule has 0 saturated carbocycles. The van der Waals surface area contributed by atoms with Crippen molar-refractivity contribution in [2.75, 3.05) is 6.54 Å². The number of carbonyl (C=O) groups is 1. The summed E-state index contributed by atoms with van der Waals surface area (Å²) in [7, 11) is 0. The SMILES string of the molecule is NCCCCc1ccc(O)cc1C=O. The highest BCUT2D eigenvalue weighted by molar-refractivity contribution is 5.78. The highest BCUT2D eigenvalue weighted by Crippen LogP contribution is 2.16. The highest BCUT2D eigenvalue weighted by Gasteiger charge is 2.02. The van der Waals surface area contributed by atoms with Crippen molar-refractivity contribution in [3.8, 4) is 5.75 Å². The van der Waals surface area contributed by atoms with Crippen molar-refractivity contribution < 1.29 is 9.90 Å². The maximum Gasteiger partial charge on any atom is 0.150 e. The number of benzene rings is 1. The lowest BCUT2D eigenvalue weighted by Crippen LogP contribution is -2.00. The summed E-state index contributed by atoms with van der Waals surface area (Å²) in [5, 5.41) is 9.16. The Balaban J connectivity index is 2.70. The lowest BCUT2D eigenvalue weighted by atomic mass is 10.0. The molecule has 0 aliphatic heterocycles. The van der Waals surface area contributed by atoms with Gasteiger partial charge in [0.05, 0.1) is 0 Å². The van der Waals surface area contributed by atoms with E-state index in [0.717, 1.165) is 31.1 Å². The fourth-order valence-corrected chi connectivity index (χ4v) is 1.38. The maximum atomic E-state index is 10.7. The van der Waals surface area contributed by atoms with Gasteiger partial charge in [0.2, 0.25) is 0 Å². The van der Waals surface area contributed by atoms with E-state index < -0.39 is 0 Å². The van der Waals surface area contributed by atoms with E-state index in [-0.39, 0.29) is 5.75 Å². The van der Waals surface area contributed by atoms with Crippen LogP contribution in [0.2, 0.25) is 0 Å². The molecule has 0 aliphatic rings. The molecule has 14 heavy (non-hydrogen) atoms. The van der Waals surface area contributed by atoms with Crippen molar-refractivity contribution in [1.29, 1.82) is 0 Å². The number of carbonyl (C=O) groups excluding carboxylic acids is 1. The summed E-state index contributed by atoms with van der Waals surface area (Å²) in [5.41, 5.74) is 6.93. The van der Waals surface area contributed by atoms with E-state index in [9.17, 15) is 4.79 Å². The zero-order chi connectivity index (χ0) is 10.4. The second-order valence-electron chi connectivity index (χ2n) is 3.25. The normalized spacial score (nSPS) is 10.1. The standard InChI is InChI=1S/C11H15NO2/c12-6-2-1-3-9-4-5-11(14)7-10(9)8-13/h4-5,7-8,14H,1-3,6,12H2. The summed E-state index contributed by atoms with van der Waals surface area (Å²) in [6.07, 6.45) is 3.55. The van der Waals surface area contributed by atoms with Gasteiger partial charge in [0.15, 0.2) is 0 Å². The maximum absolute atomic E-state index is 10.7. The summed E-state index contributed by atoms with van der Waals surface area (Å²) >= 11 is 0. The molecule has 1 rings (SSSR count). The first-order chi connectivity index (χ1) is 6.77. The van der Waals surface area contributed by atoms with Crippen molar-refractivity contribution in [3.05, 3.63) is 29.3 Å². The number of aldehydes is 1. The predicted molar refractivity (Wildman–Crippen MR) is 55.5 cm³/mol. The minimum Gasteiger partial charge on any atom is -0.508 e. The van der Waals surface area contributed by atoms with Crippen LogP contribution in [0.3, 0.4) is 0 Å². The molecule has 0 fully saturated rings. The molecule has 76 valence electrons. The number of aromatic hydroxyl groups is 1. The first kappa shape index (κ1) is 10.7. The van der Waals surface area contributed by atoms with Crippen molar-refractivity contribution >= 4 is 6.29 Å². The lowest BCUT2D eigenvalue weighted by Gasteiger charge is -2.04. The molecule has 1 aromatic carbocycles. The highest BCUT2D eigenvalue weighted by atomic mass is 16.3. The van der Waals surface area contributed by atoms with Crippen LogP contribution in [0.1, 0.15) is 28.8 Å². The van der Waals surface area contributed by atoms with Crippen LogP contribution < -0.4 is 5.73 Å². The van der Waals surface area contributed by atoms with Crippen molar-refractivity contribution in [2.24, 2.45) is 5.73 Å². The van der Waals surface area contributed by atoms with Crippen LogP contribution in [0.4, 0.5) is 0 Å². The van der Waals surface area contributed by atoms with Gasteiger partial charge in [-0.1, -0.05) is 6.07 Å². The van der Waals surface area contributed by atoms with Crippen LogP contribution in [0.5, 0.6) is 5.75 Å². The van der Waals surface area contributed by atoms with E-state index in [1.807, 2.05) is 0 Å². The van der Waals surface area contributed by atoms with Crippen LogP contribution in [-0.4, -0.2) is 17.9 Å². The van der Waals surface area contributed by atoms with Gasteiger partial charge < -0.3 is 10.8 Å². The second kappa shape index (κ2) is 5.40. The molecular weight excluding hydrogens is 178 g/mol. The third kappa shape index (κ3) is 2.85. The van der Waals surface area contributed by atoms with Gasteiger partial charge in [-0.05, 0) is 43.5 Å². The van der Waals surface area contributed by atoms with E-state index in [1.165, 1.54) is 6.07 Å².